The van der Waals surface area contributed by atoms with Crippen LogP contribution in [-0.4, -0.2) is 39.8 Å². The maximum absolute atomic E-state index is 12.8. The molecule has 0 bridgehead atoms. The molecule has 0 unspecified atom stereocenters. The third-order valence-corrected chi connectivity index (χ3v) is 7.09. The SMILES string of the molecule is COc1ccc(N(Cc2ccc(C(=O)Nc3ccc(Cc4ccncc4)cc3)cc2)S(C)(=O)=O)c(OC)c1. The minimum Gasteiger partial charge on any atom is -0.497 e. The predicted molar refractivity (Wildman–Crippen MR) is 148 cm³/mol. The number of methoxy groups -OCH3 is 2. The molecule has 4 rings (SSSR count). The van der Waals surface area contributed by atoms with E-state index >= 15 is 0 Å². The Labute approximate surface area is 222 Å². The van der Waals surface area contributed by atoms with Gasteiger partial charge in [0.2, 0.25) is 10.0 Å². The normalized spacial score (nSPS) is 11.0. The number of ether oxygens (including phenoxy) is 2. The van der Waals surface area contributed by atoms with Crippen molar-refractivity contribution >= 4 is 27.3 Å². The van der Waals surface area contributed by atoms with Gasteiger partial charge in [0.1, 0.15) is 11.5 Å². The Morgan fingerprint density at radius 3 is 2.08 bits per heavy atom. The smallest absolute Gasteiger partial charge is 0.255 e. The Balaban J connectivity index is 1.44. The third kappa shape index (κ3) is 6.68. The maximum Gasteiger partial charge on any atom is 0.255 e. The zero-order chi connectivity index (χ0) is 27.1. The molecule has 1 N–H and O–H groups in total. The number of hydrogen-bond donors (Lipinski definition) is 1. The number of aromatic nitrogens is 1. The van der Waals surface area contributed by atoms with Crippen LogP contribution in [-0.2, 0) is 23.0 Å². The highest BCUT2D eigenvalue weighted by molar-refractivity contribution is 7.92. The van der Waals surface area contributed by atoms with Gasteiger partial charge in [0.25, 0.3) is 5.91 Å². The van der Waals surface area contributed by atoms with Crippen molar-refractivity contribution in [2.24, 2.45) is 0 Å². The number of hydrogen-bond acceptors (Lipinski definition) is 6. The molecule has 0 fully saturated rings. The molecule has 1 amide bonds. The minimum absolute atomic E-state index is 0.0718. The molecular formula is C29H29N3O5S. The highest BCUT2D eigenvalue weighted by atomic mass is 32.2. The van der Waals surface area contributed by atoms with Crippen molar-refractivity contribution in [1.29, 1.82) is 0 Å². The second-order valence-electron chi connectivity index (χ2n) is 8.69. The fourth-order valence-electron chi connectivity index (χ4n) is 3.94. The zero-order valence-electron chi connectivity index (χ0n) is 21.4. The fourth-order valence-corrected chi connectivity index (χ4v) is 4.84. The van der Waals surface area contributed by atoms with Gasteiger partial charge in [0, 0.05) is 29.7 Å². The van der Waals surface area contributed by atoms with Gasteiger partial charge in [-0.15, -0.1) is 0 Å². The number of carbonyl (C=O) groups excluding carboxylic acids is 1. The highest BCUT2D eigenvalue weighted by Crippen LogP contribution is 2.34. The van der Waals surface area contributed by atoms with E-state index in [1.165, 1.54) is 18.5 Å². The minimum atomic E-state index is -3.63. The van der Waals surface area contributed by atoms with Gasteiger partial charge in [-0.3, -0.25) is 14.1 Å². The van der Waals surface area contributed by atoms with Gasteiger partial charge in [-0.25, -0.2) is 8.42 Å². The first-order valence-electron chi connectivity index (χ1n) is 11.8. The number of sulfonamides is 1. The van der Waals surface area contributed by atoms with Crippen LogP contribution in [0.1, 0.15) is 27.0 Å². The number of pyridine rings is 1. The molecule has 1 aromatic heterocycles. The van der Waals surface area contributed by atoms with Crippen molar-refractivity contribution < 1.29 is 22.7 Å². The lowest BCUT2D eigenvalue weighted by atomic mass is 10.1. The summed E-state index contributed by atoms with van der Waals surface area (Å²) in [6.45, 7) is 0.0718. The van der Waals surface area contributed by atoms with Crippen LogP contribution in [0.5, 0.6) is 11.5 Å². The standard InChI is InChI=1S/C29H29N3O5S/c1-36-26-12-13-27(28(19-26)37-2)32(38(3,34)35)20-23-4-8-24(9-5-23)29(33)31-25-10-6-21(7-11-25)18-22-14-16-30-17-15-22/h4-17,19H,18,20H2,1-3H3,(H,31,33). The van der Waals surface area contributed by atoms with E-state index in [0.29, 0.717) is 34.0 Å². The van der Waals surface area contributed by atoms with Gasteiger partial charge in [0.15, 0.2) is 0 Å². The molecule has 0 spiro atoms. The Bertz CT molecular complexity index is 1490. The first-order chi connectivity index (χ1) is 18.3. The molecule has 38 heavy (non-hydrogen) atoms. The van der Waals surface area contributed by atoms with Crippen molar-refractivity contribution in [3.8, 4) is 11.5 Å². The summed E-state index contributed by atoms with van der Waals surface area (Å²) in [4.78, 5) is 16.8. The molecule has 4 aromatic rings. The van der Waals surface area contributed by atoms with E-state index in [1.54, 1.807) is 54.9 Å². The van der Waals surface area contributed by atoms with Crippen LogP contribution < -0.4 is 19.1 Å². The lowest BCUT2D eigenvalue weighted by molar-refractivity contribution is 0.102. The molecule has 1 heterocycles. The van der Waals surface area contributed by atoms with Crippen molar-refractivity contribution in [2.75, 3.05) is 30.1 Å². The van der Waals surface area contributed by atoms with Crippen molar-refractivity contribution in [2.45, 2.75) is 13.0 Å². The molecular weight excluding hydrogens is 502 g/mol. The molecule has 0 aliphatic rings. The number of amides is 1. The van der Waals surface area contributed by atoms with E-state index in [2.05, 4.69) is 10.3 Å². The van der Waals surface area contributed by atoms with Crippen LogP contribution in [0.15, 0.2) is 91.3 Å². The van der Waals surface area contributed by atoms with Crippen molar-refractivity contribution in [3.05, 3.63) is 114 Å². The predicted octanol–water partition coefficient (Wildman–Crippen LogP) is 4.91. The van der Waals surface area contributed by atoms with E-state index in [9.17, 15) is 13.2 Å². The molecule has 9 heteroatoms. The van der Waals surface area contributed by atoms with Gasteiger partial charge < -0.3 is 14.8 Å². The monoisotopic (exact) mass is 531 g/mol. The number of nitrogens with one attached hydrogen (secondary N) is 1. The summed E-state index contributed by atoms with van der Waals surface area (Å²) < 4.78 is 37.1. The van der Waals surface area contributed by atoms with Crippen molar-refractivity contribution in [1.82, 2.24) is 4.98 Å². The summed E-state index contributed by atoms with van der Waals surface area (Å²) in [5.74, 6) is 0.672. The molecule has 0 atom stereocenters. The highest BCUT2D eigenvalue weighted by Gasteiger charge is 2.22. The van der Waals surface area contributed by atoms with Crippen molar-refractivity contribution in [3.63, 3.8) is 0 Å². The summed E-state index contributed by atoms with van der Waals surface area (Å²) in [5, 5.41) is 2.90. The summed E-state index contributed by atoms with van der Waals surface area (Å²) in [6.07, 6.45) is 5.46. The summed E-state index contributed by atoms with van der Waals surface area (Å²) in [5.41, 5.74) is 4.55. The molecule has 0 aliphatic heterocycles. The fraction of sp³-hybridized carbons (Fsp3) is 0.172. The molecule has 0 saturated heterocycles. The average molecular weight is 532 g/mol. The molecule has 196 valence electrons. The number of rotatable bonds is 10. The van der Waals surface area contributed by atoms with Gasteiger partial charge >= 0.3 is 0 Å². The van der Waals surface area contributed by atoms with E-state index in [4.69, 9.17) is 9.47 Å². The molecule has 0 aliphatic carbocycles. The maximum atomic E-state index is 12.8. The molecule has 0 saturated carbocycles. The first-order valence-corrected chi connectivity index (χ1v) is 13.7. The Kier molecular flexibility index (Phi) is 8.28. The van der Waals surface area contributed by atoms with Gasteiger partial charge in [-0.1, -0.05) is 24.3 Å². The molecule has 0 radical (unpaired) electrons. The number of benzene rings is 3. The summed E-state index contributed by atoms with van der Waals surface area (Å²) >= 11 is 0. The van der Waals surface area contributed by atoms with Gasteiger partial charge in [-0.2, -0.15) is 0 Å². The lowest BCUT2D eigenvalue weighted by Crippen LogP contribution is -2.29. The third-order valence-electron chi connectivity index (χ3n) is 5.97. The Morgan fingerprint density at radius 2 is 1.47 bits per heavy atom. The van der Waals surface area contributed by atoms with E-state index in [-0.39, 0.29) is 12.5 Å². The first kappa shape index (κ1) is 26.7. The van der Waals surface area contributed by atoms with Crippen LogP contribution in [0.25, 0.3) is 0 Å². The van der Waals surface area contributed by atoms with Crippen LogP contribution in [0.3, 0.4) is 0 Å². The Hall–Kier alpha value is -4.37. The second-order valence-corrected chi connectivity index (χ2v) is 10.6. The largest absolute Gasteiger partial charge is 0.497 e. The van der Waals surface area contributed by atoms with E-state index < -0.39 is 10.0 Å². The number of anilines is 2. The quantitative estimate of drug-likeness (QED) is 0.312. The second kappa shape index (κ2) is 11.8. The Morgan fingerprint density at radius 1 is 0.842 bits per heavy atom. The number of carbonyl (C=O) groups is 1. The van der Waals surface area contributed by atoms with Crippen LogP contribution in [0, 0.1) is 0 Å². The van der Waals surface area contributed by atoms with Crippen LogP contribution in [0.2, 0.25) is 0 Å². The summed E-state index contributed by atoms with van der Waals surface area (Å²) in [7, 11) is -0.629. The van der Waals surface area contributed by atoms with E-state index in [1.807, 2.05) is 36.4 Å². The number of nitrogens with zero attached hydrogens (tertiary/aromatic N) is 2. The van der Waals surface area contributed by atoms with Gasteiger partial charge in [-0.05, 0) is 71.6 Å². The van der Waals surface area contributed by atoms with Gasteiger partial charge in [0.05, 0.1) is 32.7 Å². The lowest BCUT2D eigenvalue weighted by Gasteiger charge is -2.24. The molecule has 8 nitrogen and oxygen atoms in total. The average Bonchev–Trinajstić information content (AvgIpc) is 2.92. The topological polar surface area (TPSA) is 97.8 Å². The van der Waals surface area contributed by atoms with E-state index in [0.717, 1.165) is 23.8 Å². The summed E-state index contributed by atoms with van der Waals surface area (Å²) in [6, 6.07) is 23.4. The zero-order valence-corrected chi connectivity index (χ0v) is 22.2. The van der Waals surface area contributed by atoms with Crippen LogP contribution in [0.4, 0.5) is 11.4 Å². The molecule has 3 aromatic carbocycles. The van der Waals surface area contributed by atoms with Crippen LogP contribution >= 0.6 is 0 Å².